The minimum Gasteiger partial charge on any atom is -0.508 e. The van der Waals surface area contributed by atoms with Crippen LogP contribution in [0.25, 0.3) is 0 Å². The molecule has 0 unspecified atom stereocenters. The van der Waals surface area contributed by atoms with Gasteiger partial charge in [0.15, 0.2) is 0 Å². The van der Waals surface area contributed by atoms with Gasteiger partial charge in [-0.2, -0.15) is 0 Å². The number of carbonyl (C=O) groups is 1. The summed E-state index contributed by atoms with van der Waals surface area (Å²) in [5.74, 6) is -0.133. The van der Waals surface area contributed by atoms with Crippen LogP contribution in [0.5, 0.6) is 5.75 Å². The zero-order chi connectivity index (χ0) is 11.5. The van der Waals surface area contributed by atoms with E-state index in [4.69, 9.17) is 5.73 Å². The fourth-order valence-electron chi connectivity index (χ4n) is 2.07. The van der Waals surface area contributed by atoms with Crippen LogP contribution in [0.2, 0.25) is 0 Å². The van der Waals surface area contributed by atoms with Crippen LogP contribution >= 0.6 is 0 Å². The van der Waals surface area contributed by atoms with Crippen molar-refractivity contribution in [3.8, 4) is 5.75 Å². The molecule has 2 rings (SSSR count). The third kappa shape index (κ3) is 2.27. The fourth-order valence-corrected chi connectivity index (χ4v) is 2.07. The zero-order valence-electron chi connectivity index (χ0n) is 9.07. The Morgan fingerprint density at radius 1 is 1.38 bits per heavy atom. The van der Waals surface area contributed by atoms with E-state index in [0.717, 1.165) is 12.8 Å². The van der Waals surface area contributed by atoms with Crippen LogP contribution in [0.3, 0.4) is 0 Å². The second kappa shape index (κ2) is 4.43. The molecule has 0 saturated heterocycles. The Bertz CT molecular complexity index is 398. The number of anilines is 1. The molecule has 0 atom stereocenters. The first-order valence-electron chi connectivity index (χ1n) is 5.56. The summed E-state index contributed by atoms with van der Waals surface area (Å²) in [6, 6.07) is 4.68. The number of nitrogens with two attached hydrogens (primary N) is 1. The van der Waals surface area contributed by atoms with Gasteiger partial charge in [-0.3, -0.25) is 4.79 Å². The van der Waals surface area contributed by atoms with Gasteiger partial charge in [0, 0.05) is 11.7 Å². The first-order valence-corrected chi connectivity index (χ1v) is 5.56. The predicted octanol–water partition coefficient (Wildman–Crippen LogP) is 1.65. The molecule has 0 radical (unpaired) electrons. The third-order valence-electron chi connectivity index (χ3n) is 2.97. The number of aromatic hydroxyl groups is 1. The predicted molar refractivity (Wildman–Crippen MR) is 62.2 cm³/mol. The molecule has 1 aliphatic carbocycles. The molecular formula is C12H16N2O2. The van der Waals surface area contributed by atoms with E-state index in [1.54, 1.807) is 6.07 Å². The van der Waals surface area contributed by atoms with E-state index in [0.29, 0.717) is 11.3 Å². The van der Waals surface area contributed by atoms with Gasteiger partial charge >= 0.3 is 0 Å². The van der Waals surface area contributed by atoms with Crippen molar-refractivity contribution in [1.82, 2.24) is 5.32 Å². The minimum atomic E-state index is -0.194. The lowest BCUT2D eigenvalue weighted by atomic mass is 10.1. The summed E-state index contributed by atoms with van der Waals surface area (Å²) < 4.78 is 0. The number of benzene rings is 1. The summed E-state index contributed by atoms with van der Waals surface area (Å²) in [7, 11) is 0. The van der Waals surface area contributed by atoms with Crippen molar-refractivity contribution in [2.24, 2.45) is 0 Å². The van der Waals surface area contributed by atoms with Crippen LogP contribution in [-0.2, 0) is 0 Å². The summed E-state index contributed by atoms with van der Waals surface area (Å²) in [4.78, 5) is 11.9. The number of amides is 1. The van der Waals surface area contributed by atoms with Crippen LogP contribution in [0.1, 0.15) is 36.0 Å². The van der Waals surface area contributed by atoms with Crippen molar-refractivity contribution in [3.63, 3.8) is 0 Å². The van der Waals surface area contributed by atoms with E-state index in [2.05, 4.69) is 5.32 Å². The summed E-state index contributed by atoms with van der Waals surface area (Å²) in [6.45, 7) is 0. The first kappa shape index (κ1) is 10.8. The maximum absolute atomic E-state index is 11.9. The molecule has 0 spiro atoms. The van der Waals surface area contributed by atoms with Gasteiger partial charge < -0.3 is 16.2 Å². The van der Waals surface area contributed by atoms with Gasteiger partial charge in [-0.05, 0) is 31.0 Å². The molecular weight excluding hydrogens is 204 g/mol. The molecule has 1 amide bonds. The standard InChI is InChI=1S/C12H16N2O2/c13-11-6-5-9(15)7-10(11)12(16)14-8-3-1-2-4-8/h5-8,15H,1-4,13H2,(H,14,16). The Morgan fingerprint density at radius 3 is 2.75 bits per heavy atom. The molecule has 1 fully saturated rings. The zero-order valence-corrected chi connectivity index (χ0v) is 9.07. The second-order valence-corrected chi connectivity index (χ2v) is 4.23. The average molecular weight is 220 g/mol. The SMILES string of the molecule is Nc1ccc(O)cc1C(=O)NC1CCCC1. The summed E-state index contributed by atoms with van der Waals surface area (Å²) in [5, 5.41) is 12.2. The monoisotopic (exact) mass is 220 g/mol. The number of hydrogen-bond acceptors (Lipinski definition) is 3. The Morgan fingerprint density at radius 2 is 2.06 bits per heavy atom. The van der Waals surface area contributed by atoms with Crippen molar-refractivity contribution in [3.05, 3.63) is 23.8 Å². The first-order chi connectivity index (χ1) is 7.66. The normalized spacial score (nSPS) is 16.2. The van der Waals surface area contributed by atoms with E-state index in [-0.39, 0.29) is 17.7 Å². The van der Waals surface area contributed by atoms with Gasteiger partial charge in [-0.1, -0.05) is 12.8 Å². The number of nitrogen functional groups attached to an aromatic ring is 1. The largest absolute Gasteiger partial charge is 0.508 e. The summed E-state index contributed by atoms with van der Waals surface area (Å²) in [5.41, 5.74) is 6.44. The molecule has 0 heterocycles. The van der Waals surface area contributed by atoms with Crippen molar-refractivity contribution in [2.75, 3.05) is 5.73 Å². The number of phenols is 1. The number of phenolic OH excluding ortho intramolecular Hbond substituents is 1. The Kier molecular flexibility index (Phi) is 2.99. The van der Waals surface area contributed by atoms with Crippen LogP contribution < -0.4 is 11.1 Å². The number of nitrogens with one attached hydrogen (secondary N) is 1. The van der Waals surface area contributed by atoms with E-state index in [1.807, 2.05) is 0 Å². The summed E-state index contributed by atoms with van der Waals surface area (Å²) in [6.07, 6.45) is 4.40. The molecule has 0 bridgehead atoms. The minimum absolute atomic E-state index is 0.0609. The molecule has 16 heavy (non-hydrogen) atoms. The Balaban J connectivity index is 2.10. The highest BCUT2D eigenvalue weighted by molar-refractivity contribution is 5.99. The van der Waals surface area contributed by atoms with Gasteiger partial charge in [-0.15, -0.1) is 0 Å². The fraction of sp³-hybridized carbons (Fsp3) is 0.417. The maximum Gasteiger partial charge on any atom is 0.253 e. The highest BCUT2D eigenvalue weighted by Gasteiger charge is 2.19. The molecule has 1 aromatic carbocycles. The van der Waals surface area contributed by atoms with Gasteiger partial charge in [0.2, 0.25) is 0 Å². The smallest absolute Gasteiger partial charge is 0.253 e. The molecule has 86 valence electrons. The number of rotatable bonds is 2. The van der Waals surface area contributed by atoms with E-state index < -0.39 is 0 Å². The van der Waals surface area contributed by atoms with E-state index in [1.165, 1.54) is 25.0 Å². The Labute approximate surface area is 94.5 Å². The molecule has 0 aromatic heterocycles. The lowest BCUT2D eigenvalue weighted by Crippen LogP contribution is -2.33. The van der Waals surface area contributed by atoms with Crippen LogP contribution in [0.15, 0.2) is 18.2 Å². The molecule has 1 aliphatic rings. The summed E-state index contributed by atoms with van der Waals surface area (Å²) >= 11 is 0. The lowest BCUT2D eigenvalue weighted by molar-refractivity contribution is 0.0938. The molecule has 4 N–H and O–H groups in total. The number of carbonyl (C=O) groups excluding carboxylic acids is 1. The molecule has 4 heteroatoms. The topological polar surface area (TPSA) is 75.3 Å². The second-order valence-electron chi connectivity index (χ2n) is 4.23. The van der Waals surface area contributed by atoms with Crippen molar-refractivity contribution in [1.29, 1.82) is 0 Å². The van der Waals surface area contributed by atoms with Crippen LogP contribution in [0, 0.1) is 0 Å². The van der Waals surface area contributed by atoms with Crippen molar-refractivity contribution >= 4 is 11.6 Å². The lowest BCUT2D eigenvalue weighted by Gasteiger charge is -2.13. The van der Waals surface area contributed by atoms with Gasteiger partial charge in [0.1, 0.15) is 5.75 Å². The molecule has 1 aromatic rings. The quantitative estimate of drug-likeness (QED) is 0.524. The molecule has 4 nitrogen and oxygen atoms in total. The highest BCUT2D eigenvalue weighted by Crippen LogP contribution is 2.21. The average Bonchev–Trinajstić information content (AvgIpc) is 2.74. The van der Waals surface area contributed by atoms with Crippen molar-refractivity contribution in [2.45, 2.75) is 31.7 Å². The maximum atomic E-state index is 11.9. The number of hydrogen-bond donors (Lipinski definition) is 3. The molecule has 0 aliphatic heterocycles. The van der Waals surface area contributed by atoms with Crippen LogP contribution in [0.4, 0.5) is 5.69 Å². The van der Waals surface area contributed by atoms with Gasteiger partial charge in [0.05, 0.1) is 5.56 Å². The van der Waals surface area contributed by atoms with Crippen LogP contribution in [-0.4, -0.2) is 17.1 Å². The molecule has 1 saturated carbocycles. The van der Waals surface area contributed by atoms with E-state index >= 15 is 0 Å². The third-order valence-corrected chi connectivity index (χ3v) is 2.97. The van der Waals surface area contributed by atoms with Gasteiger partial charge in [0.25, 0.3) is 5.91 Å². The highest BCUT2D eigenvalue weighted by atomic mass is 16.3. The van der Waals surface area contributed by atoms with Crippen molar-refractivity contribution < 1.29 is 9.90 Å². The van der Waals surface area contributed by atoms with Gasteiger partial charge in [-0.25, -0.2) is 0 Å². The Hall–Kier alpha value is -1.71. The van der Waals surface area contributed by atoms with E-state index in [9.17, 15) is 9.90 Å².